The maximum Gasteiger partial charge on any atom is 0.193 e. The summed E-state index contributed by atoms with van der Waals surface area (Å²) >= 11 is 0. The molecule has 7 nitrogen and oxygen atoms in total. The summed E-state index contributed by atoms with van der Waals surface area (Å²) in [5.41, 5.74) is 0. The van der Waals surface area contributed by atoms with Gasteiger partial charge in [0, 0.05) is 33.3 Å². The molecule has 2 fully saturated rings. The first-order valence-corrected chi connectivity index (χ1v) is 11.2. The topological polar surface area (TPSA) is 64.6 Å². The molecule has 1 N–H and O–H groups in total. The molecule has 1 atom stereocenters. The van der Waals surface area contributed by atoms with Gasteiger partial charge in [0.2, 0.25) is 0 Å². The van der Waals surface area contributed by atoms with Crippen molar-refractivity contribution in [2.24, 2.45) is 4.99 Å². The van der Waals surface area contributed by atoms with Crippen molar-refractivity contribution < 1.29 is 18.9 Å². The second-order valence-electron chi connectivity index (χ2n) is 7.86. The second-order valence-corrected chi connectivity index (χ2v) is 7.86. The Labute approximate surface area is 203 Å². The van der Waals surface area contributed by atoms with Gasteiger partial charge in [-0.05, 0) is 62.8 Å². The van der Waals surface area contributed by atoms with Crippen LogP contribution in [0.5, 0.6) is 11.5 Å². The molecule has 1 aromatic rings. The average molecular weight is 547 g/mol. The fourth-order valence-corrected chi connectivity index (χ4v) is 3.88. The molecule has 2 aliphatic heterocycles. The van der Waals surface area contributed by atoms with Crippen LogP contribution in [0.15, 0.2) is 29.3 Å². The molecule has 8 heteroatoms. The molecule has 31 heavy (non-hydrogen) atoms. The van der Waals surface area contributed by atoms with Crippen LogP contribution in [0.4, 0.5) is 0 Å². The van der Waals surface area contributed by atoms with Crippen LogP contribution in [0.2, 0.25) is 0 Å². The van der Waals surface area contributed by atoms with Crippen LogP contribution in [0, 0.1) is 0 Å². The number of methoxy groups -OCH3 is 1. The molecule has 0 aromatic heterocycles. The van der Waals surface area contributed by atoms with Gasteiger partial charge in [-0.1, -0.05) is 0 Å². The molecular weight excluding hydrogens is 509 g/mol. The standard InChI is InChI=1S/C23H37N3O4.HI/c1-24-23(25-13-5-17-28-20-9-7-19(27-2)8-10-20)26-14-11-21(12-15-26)30-18-22-6-3-4-16-29-22;/h7-10,21-22H,3-6,11-18H2,1-2H3,(H,24,25);1H. The van der Waals surface area contributed by atoms with E-state index in [1.165, 1.54) is 12.8 Å². The lowest BCUT2D eigenvalue weighted by atomic mass is 10.1. The van der Waals surface area contributed by atoms with Gasteiger partial charge in [-0.2, -0.15) is 0 Å². The van der Waals surface area contributed by atoms with Crippen molar-refractivity contribution in [1.29, 1.82) is 0 Å². The number of aliphatic imine (C=N–C) groups is 1. The highest BCUT2D eigenvalue weighted by molar-refractivity contribution is 14.0. The van der Waals surface area contributed by atoms with E-state index in [0.29, 0.717) is 18.8 Å². The number of guanidine groups is 1. The molecule has 2 saturated heterocycles. The van der Waals surface area contributed by atoms with Crippen LogP contribution in [-0.2, 0) is 9.47 Å². The van der Waals surface area contributed by atoms with Gasteiger partial charge in [0.25, 0.3) is 0 Å². The first-order valence-electron chi connectivity index (χ1n) is 11.2. The molecule has 1 aromatic carbocycles. The second kappa shape index (κ2) is 14.7. The molecule has 0 bridgehead atoms. The lowest BCUT2D eigenvalue weighted by Crippen LogP contribution is -2.47. The third-order valence-corrected chi connectivity index (χ3v) is 5.68. The largest absolute Gasteiger partial charge is 0.497 e. The highest BCUT2D eigenvalue weighted by Gasteiger charge is 2.23. The van der Waals surface area contributed by atoms with Gasteiger partial charge >= 0.3 is 0 Å². The average Bonchev–Trinajstić information content (AvgIpc) is 2.81. The van der Waals surface area contributed by atoms with E-state index in [9.17, 15) is 0 Å². The van der Waals surface area contributed by atoms with Gasteiger partial charge in [-0.3, -0.25) is 4.99 Å². The van der Waals surface area contributed by atoms with E-state index in [1.54, 1.807) is 7.11 Å². The van der Waals surface area contributed by atoms with Crippen molar-refractivity contribution >= 4 is 29.9 Å². The molecule has 0 aliphatic carbocycles. The quantitative estimate of drug-likeness (QED) is 0.220. The number of halogens is 1. The van der Waals surface area contributed by atoms with E-state index in [0.717, 1.165) is 76.0 Å². The molecule has 2 heterocycles. The molecular formula is C23H38IN3O4. The Morgan fingerprint density at radius 1 is 1.13 bits per heavy atom. The van der Waals surface area contributed by atoms with Crippen molar-refractivity contribution in [3.8, 4) is 11.5 Å². The summed E-state index contributed by atoms with van der Waals surface area (Å²) in [5.74, 6) is 2.67. The van der Waals surface area contributed by atoms with Gasteiger partial charge in [0.05, 0.1) is 32.5 Å². The predicted molar refractivity (Wildman–Crippen MR) is 134 cm³/mol. The molecule has 176 valence electrons. The first kappa shape index (κ1) is 26.0. The Morgan fingerprint density at radius 2 is 1.87 bits per heavy atom. The smallest absolute Gasteiger partial charge is 0.193 e. The number of piperidine rings is 1. The van der Waals surface area contributed by atoms with Crippen LogP contribution < -0.4 is 14.8 Å². The Morgan fingerprint density at radius 3 is 2.52 bits per heavy atom. The highest BCUT2D eigenvalue weighted by atomic mass is 127. The van der Waals surface area contributed by atoms with Crippen molar-refractivity contribution in [2.75, 3.05) is 53.6 Å². The third-order valence-electron chi connectivity index (χ3n) is 5.68. The molecule has 1 unspecified atom stereocenters. The van der Waals surface area contributed by atoms with Gasteiger partial charge in [-0.15, -0.1) is 24.0 Å². The highest BCUT2D eigenvalue weighted by Crippen LogP contribution is 2.18. The molecule has 0 radical (unpaired) electrons. The minimum atomic E-state index is 0. The molecule has 0 spiro atoms. The maximum atomic E-state index is 6.12. The number of nitrogens with one attached hydrogen (secondary N) is 1. The Hall–Kier alpha value is -1.26. The SMILES string of the molecule is CN=C(NCCCOc1ccc(OC)cc1)N1CCC(OCC2CCCCO2)CC1.I. The molecule has 3 rings (SSSR count). The zero-order valence-corrected chi connectivity index (χ0v) is 21.2. The third kappa shape index (κ3) is 9.02. The number of hydrogen-bond donors (Lipinski definition) is 1. The van der Waals surface area contributed by atoms with Gasteiger partial charge in [0.1, 0.15) is 11.5 Å². The zero-order chi connectivity index (χ0) is 21.0. The van der Waals surface area contributed by atoms with Gasteiger partial charge in [-0.25, -0.2) is 0 Å². The van der Waals surface area contributed by atoms with Crippen molar-refractivity contribution in [3.63, 3.8) is 0 Å². The van der Waals surface area contributed by atoms with E-state index in [-0.39, 0.29) is 24.0 Å². The van der Waals surface area contributed by atoms with Gasteiger partial charge < -0.3 is 29.2 Å². The Kier molecular flexibility index (Phi) is 12.4. The van der Waals surface area contributed by atoms with Crippen molar-refractivity contribution in [1.82, 2.24) is 10.2 Å². The van der Waals surface area contributed by atoms with Crippen LogP contribution in [0.1, 0.15) is 38.5 Å². The van der Waals surface area contributed by atoms with E-state index >= 15 is 0 Å². The van der Waals surface area contributed by atoms with Crippen molar-refractivity contribution in [2.45, 2.75) is 50.7 Å². The van der Waals surface area contributed by atoms with E-state index in [4.69, 9.17) is 18.9 Å². The number of benzene rings is 1. The lowest BCUT2D eigenvalue weighted by Gasteiger charge is -2.35. The van der Waals surface area contributed by atoms with E-state index in [1.807, 2.05) is 31.3 Å². The van der Waals surface area contributed by atoms with Crippen molar-refractivity contribution in [3.05, 3.63) is 24.3 Å². The monoisotopic (exact) mass is 547 g/mol. The lowest BCUT2D eigenvalue weighted by molar-refractivity contribution is -0.0721. The summed E-state index contributed by atoms with van der Waals surface area (Å²) in [6.45, 7) is 5.07. The molecule has 0 amide bonds. The fourth-order valence-electron chi connectivity index (χ4n) is 3.88. The summed E-state index contributed by atoms with van der Waals surface area (Å²) in [5, 5.41) is 3.46. The normalized spacial score (nSPS) is 20.1. The minimum absolute atomic E-state index is 0. The minimum Gasteiger partial charge on any atom is -0.497 e. The summed E-state index contributed by atoms with van der Waals surface area (Å²) in [7, 11) is 3.51. The number of nitrogens with zero attached hydrogens (tertiary/aromatic N) is 2. The Bertz CT molecular complexity index is 630. The summed E-state index contributed by atoms with van der Waals surface area (Å²) in [6, 6.07) is 7.67. The number of hydrogen-bond acceptors (Lipinski definition) is 5. The number of likely N-dealkylation sites (tertiary alicyclic amines) is 1. The molecule has 2 aliphatic rings. The fraction of sp³-hybridized carbons (Fsp3) is 0.696. The zero-order valence-electron chi connectivity index (χ0n) is 18.9. The summed E-state index contributed by atoms with van der Waals surface area (Å²) < 4.78 is 22.8. The van der Waals surface area contributed by atoms with E-state index < -0.39 is 0 Å². The first-order chi connectivity index (χ1) is 14.8. The van der Waals surface area contributed by atoms with Crippen LogP contribution in [-0.4, -0.2) is 76.7 Å². The maximum absolute atomic E-state index is 6.12. The summed E-state index contributed by atoms with van der Waals surface area (Å²) in [6.07, 6.45) is 7.20. The van der Waals surface area contributed by atoms with Crippen LogP contribution in [0.3, 0.4) is 0 Å². The van der Waals surface area contributed by atoms with E-state index in [2.05, 4.69) is 15.2 Å². The summed E-state index contributed by atoms with van der Waals surface area (Å²) in [4.78, 5) is 6.77. The van der Waals surface area contributed by atoms with Crippen LogP contribution in [0.25, 0.3) is 0 Å². The van der Waals surface area contributed by atoms with Gasteiger partial charge in [0.15, 0.2) is 5.96 Å². The predicted octanol–water partition coefficient (Wildman–Crippen LogP) is 3.71. The Balaban J connectivity index is 0.00000341. The number of rotatable bonds is 9. The molecule has 0 saturated carbocycles. The number of ether oxygens (including phenoxy) is 4. The van der Waals surface area contributed by atoms with Crippen LogP contribution >= 0.6 is 24.0 Å².